The number of carbonyl (C=O) groups is 2. The first-order chi connectivity index (χ1) is 13.6. The SMILES string of the molecule is COc1cccc(C(=O)N(NC(=O)c2ccc3c(c2)B(O)OC3)C(C)(C)C)c1C. The molecule has 1 heterocycles. The molecule has 8 heteroatoms. The predicted molar refractivity (Wildman–Crippen MR) is 110 cm³/mol. The van der Waals surface area contributed by atoms with E-state index in [1.807, 2.05) is 20.8 Å². The number of methoxy groups -OCH3 is 1. The molecule has 0 aliphatic carbocycles. The number of nitrogens with one attached hydrogen (secondary N) is 1. The van der Waals surface area contributed by atoms with Crippen molar-refractivity contribution < 1.29 is 24.0 Å². The minimum atomic E-state index is -1.04. The monoisotopic (exact) mass is 396 g/mol. The van der Waals surface area contributed by atoms with E-state index in [1.165, 1.54) is 5.01 Å². The molecule has 0 saturated heterocycles. The Bertz CT molecular complexity index is 955. The van der Waals surface area contributed by atoms with Gasteiger partial charge in [0.2, 0.25) is 0 Å². The topological polar surface area (TPSA) is 88.1 Å². The van der Waals surface area contributed by atoms with E-state index in [4.69, 9.17) is 9.39 Å². The molecule has 1 aliphatic rings. The minimum absolute atomic E-state index is 0.306. The van der Waals surface area contributed by atoms with Gasteiger partial charge in [-0.15, -0.1) is 0 Å². The fraction of sp³-hybridized carbons (Fsp3) is 0.333. The number of fused-ring (bicyclic) bond motifs is 1. The maximum atomic E-state index is 13.3. The van der Waals surface area contributed by atoms with Crippen molar-refractivity contribution in [1.29, 1.82) is 0 Å². The molecular weight excluding hydrogens is 371 g/mol. The van der Waals surface area contributed by atoms with E-state index in [9.17, 15) is 14.6 Å². The molecule has 0 aromatic heterocycles. The van der Waals surface area contributed by atoms with Gasteiger partial charge in [0.25, 0.3) is 11.8 Å². The van der Waals surface area contributed by atoms with Gasteiger partial charge in [-0.25, -0.2) is 5.01 Å². The summed E-state index contributed by atoms with van der Waals surface area (Å²) in [7, 11) is 0.504. The molecule has 29 heavy (non-hydrogen) atoms. The summed E-state index contributed by atoms with van der Waals surface area (Å²) in [5, 5.41) is 11.2. The zero-order valence-corrected chi connectivity index (χ0v) is 17.3. The quantitative estimate of drug-likeness (QED) is 0.610. The first kappa shape index (κ1) is 20.9. The zero-order chi connectivity index (χ0) is 21.3. The molecule has 2 N–H and O–H groups in total. The van der Waals surface area contributed by atoms with Crippen molar-refractivity contribution in [2.45, 2.75) is 39.8 Å². The Morgan fingerprint density at radius 1 is 1.24 bits per heavy atom. The maximum absolute atomic E-state index is 13.3. The number of benzene rings is 2. The summed E-state index contributed by atoms with van der Waals surface area (Å²) in [4.78, 5) is 26.2. The molecule has 0 radical (unpaired) electrons. The molecule has 152 valence electrons. The Morgan fingerprint density at radius 3 is 2.62 bits per heavy atom. The van der Waals surface area contributed by atoms with E-state index in [2.05, 4.69) is 5.43 Å². The van der Waals surface area contributed by atoms with Crippen molar-refractivity contribution in [3.8, 4) is 5.75 Å². The molecule has 0 spiro atoms. The largest absolute Gasteiger partial charge is 0.496 e. The lowest BCUT2D eigenvalue weighted by Gasteiger charge is -2.36. The van der Waals surface area contributed by atoms with Gasteiger partial charge in [-0.2, -0.15) is 0 Å². The molecule has 0 atom stereocenters. The molecule has 0 unspecified atom stereocenters. The lowest BCUT2D eigenvalue weighted by molar-refractivity contribution is 0.0357. The average molecular weight is 396 g/mol. The normalized spacial score (nSPS) is 13.1. The Hall–Kier alpha value is -2.84. The van der Waals surface area contributed by atoms with Gasteiger partial charge in [0.15, 0.2) is 0 Å². The number of nitrogens with zero attached hydrogens (tertiary/aromatic N) is 1. The first-order valence-corrected chi connectivity index (χ1v) is 9.35. The third-order valence-electron chi connectivity index (χ3n) is 4.89. The van der Waals surface area contributed by atoms with Crippen LogP contribution in [-0.2, 0) is 11.3 Å². The Morgan fingerprint density at radius 2 is 1.97 bits per heavy atom. The molecule has 2 aromatic rings. The van der Waals surface area contributed by atoms with Crippen molar-refractivity contribution >= 4 is 24.4 Å². The molecular formula is C21H25BN2O5. The molecule has 0 bridgehead atoms. The molecule has 0 fully saturated rings. The third-order valence-corrected chi connectivity index (χ3v) is 4.89. The van der Waals surface area contributed by atoms with Crippen LogP contribution in [0.5, 0.6) is 5.75 Å². The second-order valence-electron chi connectivity index (χ2n) is 7.96. The lowest BCUT2D eigenvalue weighted by atomic mass is 9.79. The van der Waals surface area contributed by atoms with Crippen molar-refractivity contribution in [1.82, 2.24) is 10.4 Å². The van der Waals surface area contributed by atoms with E-state index in [0.717, 1.165) is 5.56 Å². The van der Waals surface area contributed by atoms with Gasteiger partial charge in [-0.1, -0.05) is 12.1 Å². The highest BCUT2D eigenvalue weighted by Gasteiger charge is 2.32. The van der Waals surface area contributed by atoms with Crippen LogP contribution in [0, 0.1) is 6.92 Å². The fourth-order valence-electron chi connectivity index (χ4n) is 3.23. The van der Waals surface area contributed by atoms with Gasteiger partial charge in [-0.05, 0) is 63.0 Å². The minimum Gasteiger partial charge on any atom is -0.496 e. The van der Waals surface area contributed by atoms with Crippen LogP contribution in [-0.4, -0.2) is 41.6 Å². The summed E-state index contributed by atoms with van der Waals surface area (Å²) in [6.45, 7) is 7.61. The van der Waals surface area contributed by atoms with Gasteiger partial charge in [0.05, 0.1) is 19.3 Å². The van der Waals surface area contributed by atoms with Gasteiger partial charge in [0, 0.05) is 16.7 Å². The average Bonchev–Trinajstić information content (AvgIpc) is 3.05. The van der Waals surface area contributed by atoms with Crippen molar-refractivity contribution in [2.24, 2.45) is 0 Å². The maximum Gasteiger partial charge on any atom is 0.491 e. The van der Waals surface area contributed by atoms with Crippen LogP contribution >= 0.6 is 0 Å². The number of amides is 2. The van der Waals surface area contributed by atoms with E-state index in [-0.39, 0.29) is 5.91 Å². The van der Waals surface area contributed by atoms with Gasteiger partial charge >= 0.3 is 7.12 Å². The highest BCUT2D eigenvalue weighted by Crippen LogP contribution is 2.24. The Balaban J connectivity index is 1.90. The second kappa shape index (κ2) is 7.89. The molecule has 2 amide bonds. The number of rotatable bonds is 3. The number of hydrazine groups is 1. The van der Waals surface area contributed by atoms with Crippen LogP contribution in [0.15, 0.2) is 36.4 Å². The van der Waals surface area contributed by atoms with Gasteiger partial charge < -0.3 is 14.4 Å². The number of hydrogen-bond donors (Lipinski definition) is 2. The van der Waals surface area contributed by atoms with Crippen LogP contribution in [0.4, 0.5) is 0 Å². The number of ether oxygens (including phenoxy) is 1. The number of hydrogen-bond acceptors (Lipinski definition) is 5. The summed E-state index contributed by atoms with van der Waals surface area (Å²) < 4.78 is 10.5. The Labute approximate surface area is 170 Å². The van der Waals surface area contributed by atoms with Gasteiger partial charge in [-0.3, -0.25) is 15.0 Å². The van der Waals surface area contributed by atoms with Crippen LogP contribution < -0.4 is 15.6 Å². The molecule has 1 aliphatic heterocycles. The van der Waals surface area contributed by atoms with E-state index >= 15 is 0 Å². The third kappa shape index (κ3) is 4.13. The summed E-state index contributed by atoms with van der Waals surface area (Å²) in [6.07, 6.45) is 0. The van der Waals surface area contributed by atoms with Gasteiger partial charge in [0.1, 0.15) is 5.75 Å². The van der Waals surface area contributed by atoms with Crippen molar-refractivity contribution in [3.05, 3.63) is 58.7 Å². The molecule has 2 aromatic carbocycles. The van der Waals surface area contributed by atoms with Crippen LogP contribution in [0.1, 0.15) is 52.6 Å². The summed E-state index contributed by atoms with van der Waals surface area (Å²) in [5.74, 6) is -0.189. The molecule has 0 saturated carbocycles. The summed E-state index contributed by atoms with van der Waals surface area (Å²) >= 11 is 0. The summed E-state index contributed by atoms with van der Waals surface area (Å²) in [6, 6.07) is 10.2. The van der Waals surface area contributed by atoms with Crippen LogP contribution in [0.25, 0.3) is 0 Å². The lowest BCUT2D eigenvalue weighted by Crippen LogP contribution is -2.56. The standard InChI is InChI=1S/C21H25BN2O5/c1-13-16(7-6-8-18(13)28-5)20(26)24(21(2,3)4)23-19(25)14-9-10-15-12-29-22(27)17(15)11-14/h6-11,27H,12H2,1-5H3,(H,23,25). The highest BCUT2D eigenvalue weighted by molar-refractivity contribution is 6.61. The Kier molecular flexibility index (Phi) is 5.68. The predicted octanol–water partition coefficient (Wildman–Crippen LogP) is 1.81. The van der Waals surface area contributed by atoms with Crippen LogP contribution in [0.3, 0.4) is 0 Å². The smallest absolute Gasteiger partial charge is 0.491 e. The van der Waals surface area contributed by atoms with E-state index < -0.39 is 18.6 Å². The first-order valence-electron chi connectivity index (χ1n) is 9.35. The van der Waals surface area contributed by atoms with Crippen molar-refractivity contribution in [3.63, 3.8) is 0 Å². The summed E-state index contributed by atoms with van der Waals surface area (Å²) in [5.41, 5.74) is 4.92. The van der Waals surface area contributed by atoms with Crippen molar-refractivity contribution in [2.75, 3.05) is 7.11 Å². The molecule has 7 nitrogen and oxygen atoms in total. The van der Waals surface area contributed by atoms with E-state index in [0.29, 0.717) is 34.5 Å². The number of carbonyl (C=O) groups excluding carboxylic acids is 2. The fourth-order valence-corrected chi connectivity index (χ4v) is 3.23. The zero-order valence-electron chi connectivity index (χ0n) is 17.3. The second-order valence-corrected chi connectivity index (χ2v) is 7.96. The highest BCUT2D eigenvalue weighted by atomic mass is 16.5. The molecule has 3 rings (SSSR count). The van der Waals surface area contributed by atoms with Crippen LogP contribution in [0.2, 0.25) is 0 Å². The van der Waals surface area contributed by atoms with E-state index in [1.54, 1.807) is 50.4 Å².